The first-order valence-electron chi connectivity index (χ1n) is 13.0. The quantitative estimate of drug-likeness (QED) is 0.285. The second-order valence-corrected chi connectivity index (χ2v) is 12.7. The van der Waals surface area contributed by atoms with Crippen molar-refractivity contribution >= 4 is 50.7 Å². The molecule has 3 rings (SSSR count). The molecule has 0 spiro atoms. The molecular weight excluding hydrogens is 569 g/mol. The van der Waals surface area contributed by atoms with Gasteiger partial charge >= 0.3 is 0 Å². The fraction of sp³-hybridized carbons (Fsp3) is 0.333. The molecule has 7 nitrogen and oxygen atoms in total. The van der Waals surface area contributed by atoms with E-state index < -0.39 is 28.5 Å². The van der Waals surface area contributed by atoms with E-state index >= 15 is 0 Å². The van der Waals surface area contributed by atoms with E-state index in [4.69, 9.17) is 23.2 Å². The van der Waals surface area contributed by atoms with Crippen molar-refractivity contribution in [1.82, 2.24) is 10.2 Å². The molecule has 3 aromatic carbocycles. The van der Waals surface area contributed by atoms with Crippen LogP contribution in [0.4, 0.5) is 5.69 Å². The molecule has 0 heterocycles. The predicted octanol–water partition coefficient (Wildman–Crippen LogP) is 6.14. The summed E-state index contributed by atoms with van der Waals surface area (Å²) in [5.41, 5.74) is 2.56. The fourth-order valence-corrected chi connectivity index (χ4v) is 6.05. The minimum absolute atomic E-state index is 0.0409. The number of carbonyl (C=O) groups excluding carboxylic acids is 2. The van der Waals surface area contributed by atoms with Crippen LogP contribution in [0.3, 0.4) is 0 Å². The summed E-state index contributed by atoms with van der Waals surface area (Å²) >= 11 is 12.3. The molecule has 1 unspecified atom stereocenters. The van der Waals surface area contributed by atoms with Crippen LogP contribution in [0.25, 0.3) is 0 Å². The fourth-order valence-electron chi connectivity index (χ4n) is 4.29. The van der Waals surface area contributed by atoms with Gasteiger partial charge in [0.05, 0.1) is 10.6 Å². The zero-order valence-corrected chi connectivity index (χ0v) is 25.6. The SMILES string of the molecule is CCC(C(=O)NC(C)C)N(Cc1ccc(Cl)cc1)C(=O)CN(c1cc(Cl)ccc1C)S(=O)(=O)c1ccc(C)cc1. The van der Waals surface area contributed by atoms with Gasteiger partial charge in [-0.25, -0.2) is 8.42 Å². The van der Waals surface area contributed by atoms with Crippen LogP contribution in [0, 0.1) is 13.8 Å². The number of amides is 2. The second kappa shape index (κ2) is 13.5. The Bertz CT molecular complexity index is 1440. The number of halogens is 2. The largest absolute Gasteiger partial charge is 0.352 e. The van der Waals surface area contributed by atoms with E-state index in [0.29, 0.717) is 22.0 Å². The molecule has 40 heavy (non-hydrogen) atoms. The number of rotatable bonds is 11. The smallest absolute Gasteiger partial charge is 0.264 e. The average molecular weight is 605 g/mol. The van der Waals surface area contributed by atoms with Gasteiger partial charge in [-0.05, 0) is 81.6 Å². The normalized spacial score (nSPS) is 12.2. The zero-order chi connectivity index (χ0) is 29.6. The molecule has 0 aliphatic carbocycles. The Morgan fingerprint density at radius 2 is 1.50 bits per heavy atom. The van der Waals surface area contributed by atoms with Crippen LogP contribution in [0.15, 0.2) is 71.6 Å². The Hall–Kier alpha value is -3.07. The number of nitrogens with zero attached hydrogens (tertiary/aromatic N) is 2. The second-order valence-electron chi connectivity index (χ2n) is 9.99. The highest BCUT2D eigenvalue weighted by Gasteiger charge is 2.34. The molecular formula is C30H35Cl2N3O4S. The minimum Gasteiger partial charge on any atom is -0.352 e. The van der Waals surface area contributed by atoms with E-state index in [1.807, 2.05) is 27.7 Å². The lowest BCUT2D eigenvalue weighted by molar-refractivity contribution is -0.140. The van der Waals surface area contributed by atoms with E-state index in [0.717, 1.165) is 15.4 Å². The lowest BCUT2D eigenvalue weighted by Gasteiger charge is -2.34. The van der Waals surface area contributed by atoms with Gasteiger partial charge in [0.2, 0.25) is 11.8 Å². The van der Waals surface area contributed by atoms with Gasteiger partial charge in [-0.2, -0.15) is 0 Å². The van der Waals surface area contributed by atoms with Crippen molar-refractivity contribution in [3.05, 3.63) is 93.5 Å². The molecule has 10 heteroatoms. The van der Waals surface area contributed by atoms with Gasteiger partial charge < -0.3 is 10.2 Å². The summed E-state index contributed by atoms with van der Waals surface area (Å²) in [6.45, 7) is 8.67. The van der Waals surface area contributed by atoms with E-state index in [-0.39, 0.29) is 29.1 Å². The van der Waals surface area contributed by atoms with Gasteiger partial charge in [-0.3, -0.25) is 13.9 Å². The molecule has 1 N–H and O–H groups in total. The number of benzene rings is 3. The Kier molecular flexibility index (Phi) is 10.6. The summed E-state index contributed by atoms with van der Waals surface area (Å²) in [6, 6.07) is 17.3. The van der Waals surface area contributed by atoms with Crippen LogP contribution in [0.1, 0.15) is 43.9 Å². The van der Waals surface area contributed by atoms with E-state index in [1.54, 1.807) is 55.5 Å². The highest BCUT2D eigenvalue weighted by molar-refractivity contribution is 7.92. The molecule has 0 saturated heterocycles. The Labute approximate surface area is 247 Å². The minimum atomic E-state index is -4.18. The molecule has 2 amide bonds. The maximum absolute atomic E-state index is 14.1. The third-order valence-corrected chi connectivity index (χ3v) is 8.67. The van der Waals surface area contributed by atoms with Crippen molar-refractivity contribution in [2.75, 3.05) is 10.8 Å². The van der Waals surface area contributed by atoms with Gasteiger partial charge in [0.1, 0.15) is 12.6 Å². The predicted molar refractivity (Wildman–Crippen MR) is 161 cm³/mol. The van der Waals surface area contributed by atoms with Gasteiger partial charge in [-0.1, -0.05) is 66.0 Å². The summed E-state index contributed by atoms with van der Waals surface area (Å²) in [7, 11) is -4.18. The number of anilines is 1. The van der Waals surface area contributed by atoms with Crippen molar-refractivity contribution in [1.29, 1.82) is 0 Å². The van der Waals surface area contributed by atoms with Crippen molar-refractivity contribution < 1.29 is 18.0 Å². The number of hydrogen-bond donors (Lipinski definition) is 1. The summed E-state index contributed by atoms with van der Waals surface area (Å²) in [5, 5.41) is 3.75. The maximum atomic E-state index is 14.1. The van der Waals surface area contributed by atoms with Crippen molar-refractivity contribution in [2.24, 2.45) is 0 Å². The molecule has 0 radical (unpaired) electrons. The van der Waals surface area contributed by atoms with Crippen molar-refractivity contribution in [2.45, 2.75) is 64.6 Å². The first-order valence-corrected chi connectivity index (χ1v) is 15.2. The van der Waals surface area contributed by atoms with E-state index in [2.05, 4.69) is 5.32 Å². The molecule has 0 saturated carbocycles. The molecule has 0 fully saturated rings. The number of aryl methyl sites for hydroxylation is 2. The van der Waals surface area contributed by atoms with Crippen molar-refractivity contribution in [3.8, 4) is 0 Å². The monoisotopic (exact) mass is 603 g/mol. The Balaban J connectivity index is 2.10. The van der Waals surface area contributed by atoms with E-state index in [9.17, 15) is 18.0 Å². The number of hydrogen-bond acceptors (Lipinski definition) is 4. The standard InChI is InChI=1S/C30H35Cl2N3O4S/c1-6-27(30(37)33-20(2)3)34(18-23-10-13-24(31)14-11-23)29(36)19-35(28-17-25(32)12-9-22(28)5)40(38,39)26-15-7-21(4)8-16-26/h7-17,20,27H,6,18-19H2,1-5H3,(H,33,37). The van der Waals surface area contributed by atoms with Crippen LogP contribution in [0.2, 0.25) is 10.0 Å². The van der Waals surface area contributed by atoms with Crippen LogP contribution >= 0.6 is 23.2 Å². The lowest BCUT2D eigenvalue weighted by Crippen LogP contribution is -2.53. The van der Waals surface area contributed by atoms with Crippen LogP contribution in [0.5, 0.6) is 0 Å². The summed E-state index contributed by atoms with van der Waals surface area (Å²) < 4.78 is 29.1. The third kappa shape index (κ3) is 7.77. The number of sulfonamides is 1. The Morgan fingerprint density at radius 3 is 2.08 bits per heavy atom. The summed E-state index contributed by atoms with van der Waals surface area (Å²) in [6.07, 6.45) is 0.332. The molecule has 214 valence electrons. The van der Waals surface area contributed by atoms with Crippen LogP contribution < -0.4 is 9.62 Å². The number of nitrogens with one attached hydrogen (secondary N) is 1. The molecule has 0 aliphatic rings. The first kappa shape index (κ1) is 31.5. The molecule has 0 aromatic heterocycles. The van der Waals surface area contributed by atoms with Crippen molar-refractivity contribution in [3.63, 3.8) is 0 Å². The zero-order valence-electron chi connectivity index (χ0n) is 23.3. The van der Waals surface area contributed by atoms with E-state index in [1.165, 1.54) is 23.1 Å². The highest BCUT2D eigenvalue weighted by Crippen LogP contribution is 2.30. The van der Waals surface area contributed by atoms with Gasteiger partial charge in [0.15, 0.2) is 0 Å². The van der Waals surface area contributed by atoms with Gasteiger partial charge in [-0.15, -0.1) is 0 Å². The highest BCUT2D eigenvalue weighted by atomic mass is 35.5. The summed E-state index contributed by atoms with van der Waals surface area (Å²) in [4.78, 5) is 28.8. The molecule has 1 atom stereocenters. The van der Waals surface area contributed by atoms with Gasteiger partial charge in [0.25, 0.3) is 10.0 Å². The Morgan fingerprint density at radius 1 is 0.900 bits per heavy atom. The maximum Gasteiger partial charge on any atom is 0.264 e. The van der Waals surface area contributed by atoms with Gasteiger partial charge in [0, 0.05) is 22.6 Å². The molecule has 0 aliphatic heterocycles. The summed E-state index contributed by atoms with van der Waals surface area (Å²) in [5.74, 6) is -0.845. The molecule has 0 bridgehead atoms. The topological polar surface area (TPSA) is 86.8 Å². The number of carbonyl (C=O) groups is 2. The van der Waals surface area contributed by atoms with Crippen LogP contribution in [-0.4, -0.2) is 43.8 Å². The third-order valence-electron chi connectivity index (χ3n) is 6.41. The van der Waals surface area contributed by atoms with Crippen LogP contribution in [-0.2, 0) is 26.2 Å². The lowest BCUT2D eigenvalue weighted by atomic mass is 10.1. The first-order chi connectivity index (χ1) is 18.8. The molecule has 3 aromatic rings. The average Bonchev–Trinajstić information content (AvgIpc) is 2.89.